The standard InChI is InChI=1S/C19H25N3O2.2ClH/c1-15(22-19(23)10-6-11-20-2)16-7-5-9-18(13-16)24-14-17-8-3-4-12-21-17;;/h3-5,7-9,12-13,15,20H,6,10-11,14H2,1-2H3,(H,22,23);2*1H. The first kappa shape index (κ1) is 24.2. The van der Waals surface area contributed by atoms with Crippen LogP contribution >= 0.6 is 24.8 Å². The number of benzene rings is 1. The molecule has 0 spiro atoms. The second-order valence-electron chi connectivity index (χ2n) is 5.68. The van der Waals surface area contributed by atoms with Gasteiger partial charge in [-0.25, -0.2) is 0 Å². The maximum absolute atomic E-state index is 11.9. The highest BCUT2D eigenvalue weighted by Gasteiger charge is 2.10. The van der Waals surface area contributed by atoms with Crippen LogP contribution in [0, 0.1) is 0 Å². The summed E-state index contributed by atoms with van der Waals surface area (Å²) in [5, 5.41) is 6.06. The maximum atomic E-state index is 11.9. The quantitative estimate of drug-likeness (QED) is 0.631. The fourth-order valence-corrected chi connectivity index (χ4v) is 2.34. The Morgan fingerprint density at radius 3 is 2.69 bits per heavy atom. The van der Waals surface area contributed by atoms with E-state index in [0.717, 1.165) is 30.0 Å². The van der Waals surface area contributed by atoms with Gasteiger partial charge >= 0.3 is 0 Å². The van der Waals surface area contributed by atoms with Gasteiger partial charge in [0.05, 0.1) is 11.7 Å². The van der Waals surface area contributed by atoms with Gasteiger partial charge in [0.15, 0.2) is 0 Å². The molecule has 0 aliphatic carbocycles. The molecule has 7 heteroatoms. The molecule has 1 aromatic heterocycles. The molecule has 0 saturated heterocycles. The van der Waals surface area contributed by atoms with Crippen molar-refractivity contribution in [3.63, 3.8) is 0 Å². The molecule has 0 aliphatic heterocycles. The lowest BCUT2D eigenvalue weighted by molar-refractivity contribution is -0.121. The molecule has 2 N–H and O–H groups in total. The summed E-state index contributed by atoms with van der Waals surface area (Å²) in [7, 11) is 1.89. The molecule has 1 atom stereocenters. The topological polar surface area (TPSA) is 63.2 Å². The van der Waals surface area contributed by atoms with Crippen LogP contribution in [0.15, 0.2) is 48.7 Å². The van der Waals surface area contributed by atoms with Crippen molar-refractivity contribution in [2.45, 2.75) is 32.4 Å². The predicted molar refractivity (Wildman–Crippen MR) is 109 cm³/mol. The number of hydrogen-bond acceptors (Lipinski definition) is 4. The Kier molecular flexibility index (Phi) is 12.5. The number of hydrogen-bond donors (Lipinski definition) is 2. The van der Waals surface area contributed by atoms with E-state index in [1.807, 2.05) is 56.4 Å². The highest BCUT2D eigenvalue weighted by Crippen LogP contribution is 2.20. The van der Waals surface area contributed by atoms with Crippen LogP contribution in [0.5, 0.6) is 5.75 Å². The monoisotopic (exact) mass is 399 g/mol. The number of amides is 1. The highest BCUT2D eigenvalue weighted by molar-refractivity contribution is 5.85. The molecule has 0 bridgehead atoms. The first-order valence-corrected chi connectivity index (χ1v) is 8.25. The minimum absolute atomic E-state index is 0. The number of rotatable bonds is 9. The molecule has 26 heavy (non-hydrogen) atoms. The molecule has 0 fully saturated rings. The van der Waals surface area contributed by atoms with Gasteiger partial charge in [-0.15, -0.1) is 24.8 Å². The summed E-state index contributed by atoms with van der Waals surface area (Å²) < 4.78 is 5.78. The highest BCUT2D eigenvalue weighted by atomic mass is 35.5. The Bertz CT molecular complexity index is 642. The summed E-state index contributed by atoms with van der Waals surface area (Å²) in [6, 6.07) is 13.5. The number of nitrogens with zero attached hydrogens (tertiary/aromatic N) is 1. The number of aromatic nitrogens is 1. The maximum Gasteiger partial charge on any atom is 0.220 e. The van der Waals surface area contributed by atoms with Crippen molar-refractivity contribution in [3.8, 4) is 5.75 Å². The first-order chi connectivity index (χ1) is 11.7. The summed E-state index contributed by atoms with van der Waals surface area (Å²) in [6.45, 7) is 3.25. The number of carbonyl (C=O) groups is 1. The molecule has 0 saturated carbocycles. The normalized spacial score (nSPS) is 10.8. The van der Waals surface area contributed by atoms with Gasteiger partial charge in [-0.05, 0) is 56.8 Å². The van der Waals surface area contributed by atoms with Crippen LogP contribution in [-0.4, -0.2) is 24.5 Å². The summed E-state index contributed by atoms with van der Waals surface area (Å²) in [6.07, 6.45) is 3.12. The average Bonchev–Trinajstić information content (AvgIpc) is 2.61. The van der Waals surface area contributed by atoms with Gasteiger partial charge in [-0.2, -0.15) is 0 Å². The van der Waals surface area contributed by atoms with E-state index >= 15 is 0 Å². The Labute approximate surface area is 167 Å². The molecule has 144 valence electrons. The lowest BCUT2D eigenvalue weighted by Gasteiger charge is -2.15. The zero-order valence-electron chi connectivity index (χ0n) is 15.1. The van der Waals surface area contributed by atoms with Crippen molar-refractivity contribution < 1.29 is 9.53 Å². The number of halogens is 2. The van der Waals surface area contributed by atoms with Gasteiger partial charge in [0, 0.05) is 12.6 Å². The van der Waals surface area contributed by atoms with Crippen molar-refractivity contribution in [1.82, 2.24) is 15.6 Å². The first-order valence-electron chi connectivity index (χ1n) is 8.25. The molecule has 0 radical (unpaired) electrons. The minimum Gasteiger partial charge on any atom is -0.487 e. The molecule has 1 amide bonds. The van der Waals surface area contributed by atoms with Gasteiger partial charge < -0.3 is 15.4 Å². The third kappa shape index (κ3) is 8.52. The smallest absolute Gasteiger partial charge is 0.220 e. The van der Waals surface area contributed by atoms with E-state index in [9.17, 15) is 4.79 Å². The van der Waals surface area contributed by atoms with Crippen LogP contribution in [0.1, 0.15) is 37.1 Å². The summed E-state index contributed by atoms with van der Waals surface area (Å²) in [5.74, 6) is 0.840. The Morgan fingerprint density at radius 1 is 1.19 bits per heavy atom. The van der Waals surface area contributed by atoms with Crippen LogP contribution in [0.2, 0.25) is 0 Å². The molecule has 1 heterocycles. The van der Waals surface area contributed by atoms with Crippen molar-refractivity contribution in [2.24, 2.45) is 0 Å². The summed E-state index contributed by atoms with van der Waals surface area (Å²) in [4.78, 5) is 16.2. The molecule has 2 aromatic rings. The average molecular weight is 400 g/mol. The van der Waals surface area contributed by atoms with Gasteiger partial charge in [-0.3, -0.25) is 9.78 Å². The van der Waals surface area contributed by atoms with E-state index < -0.39 is 0 Å². The Balaban J connectivity index is 0.00000312. The Morgan fingerprint density at radius 2 is 2.00 bits per heavy atom. The SMILES string of the molecule is CNCCCC(=O)NC(C)c1cccc(OCc2ccccn2)c1.Cl.Cl. The molecule has 2 rings (SSSR count). The minimum atomic E-state index is -0.0505. The summed E-state index contributed by atoms with van der Waals surface area (Å²) >= 11 is 0. The lowest BCUT2D eigenvalue weighted by Crippen LogP contribution is -2.27. The van der Waals surface area contributed by atoms with E-state index in [1.165, 1.54) is 0 Å². The van der Waals surface area contributed by atoms with Crippen LogP contribution < -0.4 is 15.4 Å². The van der Waals surface area contributed by atoms with E-state index in [2.05, 4.69) is 15.6 Å². The lowest BCUT2D eigenvalue weighted by atomic mass is 10.1. The number of nitrogens with one attached hydrogen (secondary N) is 2. The van der Waals surface area contributed by atoms with Crippen molar-refractivity contribution in [2.75, 3.05) is 13.6 Å². The molecule has 0 aliphatic rings. The van der Waals surface area contributed by atoms with Gasteiger partial charge in [0.2, 0.25) is 5.91 Å². The van der Waals surface area contributed by atoms with Gasteiger partial charge in [0.1, 0.15) is 12.4 Å². The zero-order valence-corrected chi connectivity index (χ0v) is 16.7. The van der Waals surface area contributed by atoms with Crippen LogP contribution in [-0.2, 0) is 11.4 Å². The van der Waals surface area contributed by atoms with Gasteiger partial charge in [-0.1, -0.05) is 18.2 Å². The second-order valence-corrected chi connectivity index (χ2v) is 5.68. The van der Waals surface area contributed by atoms with E-state index in [0.29, 0.717) is 13.0 Å². The zero-order chi connectivity index (χ0) is 17.2. The summed E-state index contributed by atoms with van der Waals surface area (Å²) in [5.41, 5.74) is 1.91. The largest absolute Gasteiger partial charge is 0.487 e. The van der Waals surface area contributed by atoms with Crippen LogP contribution in [0.25, 0.3) is 0 Å². The number of pyridine rings is 1. The molecule has 1 unspecified atom stereocenters. The van der Waals surface area contributed by atoms with Crippen molar-refractivity contribution >= 4 is 30.7 Å². The van der Waals surface area contributed by atoms with Crippen molar-refractivity contribution in [3.05, 3.63) is 59.9 Å². The number of ether oxygens (including phenoxy) is 1. The van der Waals surface area contributed by atoms with Gasteiger partial charge in [0.25, 0.3) is 0 Å². The second kappa shape index (κ2) is 13.4. The third-order valence-electron chi connectivity index (χ3n) is 3.68. The third-order valence-corrected chi connectivity index (χ3v) is 3.68. The van der Waals surface area contributed by atoms with Crippen LogP contribution in [0.4, 0.5) is 0 Å². The predicted octanol–water partition coefficient (Wildman–Crippen LogP) is 3.68. The number of carbonyl (C=O) groups excluding carboxylic acids is 1. The fourth-order valence-electron chi connectivity index (χ4n) is 2.34. The Hall–Kier alpha value is -1.82. The molecular weight excluding hydrogens is 373 g/mol. The molecular formula is C19H27Cl2N3O2. The fraction of sp³-hybridized carbons (Fsp3) is 0.368. The van der Waals surface area contributed by atoms with Crippen molar-refractivity contribution in [1.29, 1.82) is 0 Å². The molecule has 5 nitrogen and oxygen atoms in total. The molecule has 1 aromatic carbocycles. The van der Waals surface area contributed by atoms with Crippen LogP contribution in [0.3, 0.4) is 0 Å². The van der Waals surface area contributed by atoms with E-state index in [1.54, 1.807) is 6.20 Å². The van der Waals surface area contributed by atoms with E-state index in [4.69, 9.17) is 4.74 Å². The van der Waals surface area contributed by atoms with E-state index in [-0.39, 0.29) is 36.8 Å².